The minimum absolute atomic E-state index is 0.0472. The van der Waals surface area contributed by atoms with E-state index in [1.165, 1.54) is 0 Å². The Balaban J connectivity index is 1.68. The van der Waals surface area contributed by atoms with E-state index in [9.17, 15) is 13.5 Å². The highest BCUT2D eigenvalue weighted by Gasteiger charge is 2.27. The van der Waals surface area contributed by atoms with Crippen LogP contribution in [-0.4, -0.2) is 50.3 Å². The standard InChI is InChI=1S/C14H21NO4S/c1-11-2-4-14(5-3-11)19-9-13(16)8-15-12-6-7-20(17,18)10-12/h2-5,12-13,15-16H,6-10H2,1H3/t12-,13-/m1/s1. The summed E-state index contributed by atoms with van der Waals surface area (Å²) < 4.78 is 28.1. The third-order valence-corrected chi connectivity index (χ3v) is 5.11. The number of aliphatic hydroxyl groups is 1. The Hall–Kier alpha value is -1.11. The van der Waals surface area contributed by atoms with Gasteiger partial charge in [-0.25, -0.2) is 8.42 Å². The molecule has 0 aromatic heterocycles. The molecule has 0 saturated carbocycles. The van der Waals surface area contributed by atoms with Gasteiger partial charge in [-0.3, -0.25) is 0 Å². The van der Waals surface area contributed by atoms with Crippen molar-refractivity contribution in [2.45, 2.75) is 25.5 Å². The minimum atomic E-state index is -2.88. The third-order valence-electron chi connectivity index (χ3n) is 3.34. The fourth-order valence-corrected chi connectivity index (χ4v) is 3.85. The Morgan fingerprint density at radius 2 is 2.10 bits per heavy atom. The van der Waals surface area contributed by atoms with Crippen LogP contribution in [-0.2, 0) is 9.84 Å². The van der Waals surface area contributed by atoms with Gasteiger partial charge < -0.3 is 15.2 Å². The van der Waals surface area contributed by atoms with Gasteiger partial charge in [0.05, 0.1) is 11.5 Å². The van der Waals surface area contributed by atoms with Crippen molar-refractivity contribution in [1.82, 2.24) is 5.32 Å². The molecule has 0 spiro atoms. The number of sulfone groups is 1. The number of hydrogen-bond donors (Lipinski definition) is 2. The van der Waals surface area contributed by atoms with Crippen molar-refractivity contribution in [3.63, 3.8) is 0 Å². The lowest BCUT2D eigenvalue weighted by molar-refractivity contribution is 0.104. The van der Waals surface area contributed by atoms with Crippen molar-refractivity contribution in [1.29, 1.82) is 0 Å². The molecule has 0 bridgehead atoms. The first-order valence-corrected chi connectivity index (χ1v) is 8.58. The number of nitrogens with one attached hydrogen (secondary N) is 1. The van der Waals surface area contributed by atoms with Gasteiger partial charge in [0.15, 0.2) is 9.84 Å². The van der Waals surface area contributed by atoms with Crippen LogP contribution in [0.3, 0.4) is 0 Å². The molecule has 1 aromatic carbocycles. The number of ether oxygens (including phenoxy) is 1. The molecule has 0 unspecified atom stereocenters. The van der Waals surface area contributed by atoms with Crippen LogP contribution in [0, 0.1) is 6.92 Å². The number of aryl methyl sites for hydroxylation is 1. The highest BCUT2D eigenvalue weighted by atomic mass is 32.2. The van der Waals surface area contributed by atoms with E-state index in [1.54, 1.807) is 0 Å². The van der Waals surface area contributed by atoms with Gasteiger partial charge in [0.25, 0.3) is 0 Å². The van der Waals surface area contributed by atoms with Gasteiger partial charge in [-0.1, -0.05) is 17.7 Å². The van der Waals surface area contributed by atoms with E-state index in [0.717, 1.165) is 11.3 Å². The van der Waals surface area contributed by atoms with Gasteiger partial charge in [-0.2, -0.15) is 0 Å². The largest absolute Gasteiger partial charge is 0.491 e. The Kier molecular flexibility index (Phi) is 5.01. The third kappa shape index (κ3) is 4.77. The first-order chi connectivity index (χ1) is 9.44. The average Bonchev–Trinajstić information content (AvgIpc) is 2.75. The molecule has 2 rings (SSSR count). The zero-order valence-electron chi connectivity index (χ0n) is 11.6. The Morgan fingerprint density at radius 3 is 2.70 bits per heavy atom. The Bertz CT molecular complexity index is 527. The lowest BCUT2D eigenvalue weighted by Gasteiger charge is -2.16. The topological polar surface area (TPSA) is 75.6 Å². The zero-order valence-corrected chi connectivity index (χ0v) is 12.4. The zero-order chi connectivity index (χ0) is 14.6. The summed E-state index contributed by atoms with van der Waals surface area (Å²) in [6.07, 6.45) is -0.0342. The normalized spacial score (nSPS) is 22.6. The van der Waals surface area contributed by atoms with E-state index in [4.69, 9.17) is 4.74 Å². The molecule has 0 radical (unpaired) electrons. The average molecular weight is 299 g/mol. The first-order valence-electron chi connectivity index (χ1n) is 6.76. The van der Waals surface area contributed by atoms with E-state index < -0.39 is 15.9 Å². The van der Waals surface area contributed by atoms with Crippen LogP contribution in [0.2, 0.25) is 0 Å². The predicted molar refractivity (Wildman–Crippen MR) is 77.7 cm³/mol. The monoisotopic (exact) mass is 299 g/mol. The molecule has 20 heavy (non-hydrogen) atoms. The quantitative estimate of drug-likeness (QED) is 0.800. The maximum atomic E-state index is 11.3. The van der Waals surface area contributed by atoms with Crippen LogP contribution in [0.15, 0.2) is 24.3 Å². The van der Waals surface area contributed by atoms with Crippen LogP contribution in [0.1, 0.15) is 12.0 Å². The lowest BCUT2D eigenvalue weighted by atomic mass is 10.2. The smallest absolute Gasteiger partial charge is 0.151 e. The van der Waals surface area contributed by atoms with Gasteiger partial charge >= 0.3 is 0 Å². The molecule has 6 heteroatoms. The van der Waals surface area contributed by atoms with Crippen molar-refractivity contribution in [2.24, 2.45) is 0 Å². The molecule has 1 heterocycles. The maximum absolute atomic E-state index is 11.3. The second-order valence-corrected chi connectivity index (χ2v) is 7.51. The van der Waals surface area contributed by atoms with Crippen molar-refractivity contribution < 1.29 is 18.3 Å². The van der Waals surface area contributed by atoms with Crippen molar-refractivity contribution in [3.8, 4) is 5.75 Å². The van der Waals surface area contributed by atoms with Crippen LogP contribution in [0.4, 0.5) is 0 Å². The SMILES string of the molecule is Cc1ccc(OC[C@H](O)CN[C@@H]2CCS(=O)(=O)C2)cc1. The Morgan fingerprint density at radius 1 is 1.40 bits per heavy atom. The van der Waals surface area contributed by atoms with E-state index in [-0.39, 0.29) is 24.2 Å². The van der Waals surface area contributed by atoms with Crippen molar-refractivity contribution >= 4 is 9.84 Å². The van der Waals surface area contributed by atoms with E-state index in [0.29, 0.717) is 13.0 Å². The lowest BCUT2D eigenvalue weighted by Crippen LogP contribution is -2.38. The highest BCUT2D eigenvalue weighted by Crippen LogP contribution is 2.12. The summed E-state index contributed by atoms with van der Waals surface area (Å²) in [5.74, 6) is 1.12. The molecule has 112 valence electrons. The second-order valence-electron chi connectivity index (χ2n) is 5.29. The molecule has 1 aliphatic rings. The molecular weight excluding hydrogens is 278 g/mol. The number of hydrogen-bond acceptors (Lipinski definition) is 5. The van der Waals surface area contributed by atoms with Crippen LogP contribution >= 0.6 is 0 Å². The molecular formula is C14H21NO4S. The summed E-state index contributed by atoms with van der Waals surface area (Å²) in [5, 5.41) is 12.9. The van der Waals surface area contributed by atoms with Gasteiger partial charge in [-0.05, 0) is 25.5 Å². The number of aliphatic hydroxyl groups excluding tert-OH is 1. The fraction of sp³-hybridized carbons (Fsp3) is 0.571. The molecule has 0 amide bonds. The molecule has 1 aliphatic heterocycles. The molecule has 5 nitrogen and oxygen atoms in total. The summed E-state index contributed by atoms with van der Waals surface area (Å²) in [6.45, 7) is 2.53. The van der Waals surface area contributed by atoms with Gasteiger partial charge in [0.2, 0.25) is 0 Å². The predicted octanol–water partition coefficient (Wildman–Crippen LogP) is 0.511. The van der Waals surface area contributed by atoms with Crippen LogP contribution < -0.4 is 10.1 Å². The fourth-order valence-electron chi connectivity index (χ4n) is 2.14. The summed E-state index contributed by atoms with van der Waals surface area (Å²) in [5.41, 5.74) is 1.15. The van der Waals surface area contributed by atoms with E-state index in [2.05, 4.69) is 5.32 Å². The molecule has 2 N–H and O–H groups in total. The number of benzene rings is 1. The van der Waals surface area contributed by atoms with Crippen LogP contribution in [0.25, 0.3) is 0 Å². The number of rotatable bonds is 6. The van der Waals surface area contributed by atoms with E-state index >= 15 is 0 Å². The van der Waals surface area contributed by atoms with Gasteiger partial charge in [0, 0.05) is 12.6 Å². The first kappa shape index (κ1) is 15.3. The van der Waals surface area contributed by atoms with Crippen LogP contribution in [0.5, 0.6) is 5.75 Å². The minimum Gasteiger partial charge on any atom is -0.491 e. The maximum Gasteiger partial charge on any atom is 0.151 e. The van der Waals surface area contributed by atoms with Crippen molar-refractivity contribution in [3.05, 3.63) is 29.8 Å². The summed E-state index contributed by atoms with van der Waals surface area (Å²) in [7, 11) is -2.88. The molecule has 1 fully saturated rings. The molecule has 0 aliphatic carbocycles. The summed E-state index contributed by atoms with van der Waals surface area (Å²) in [6, 6.07) is 7.57. The van der Waals surface area contributed by atoms with Gasteiger partial charge in [0.1, 0.15) is 18.5 Å². The Labute approximate surface area is 119 Å². The second kappa shape index (κ2) is 6.56. The van der Waals surface area contributed by atoms with Crippen molar-refractivity contribution in [2.75, 3.05) is 24.7 Å². The molecule has 1 saturated heterocycles. The summed E-state index contributed by atoms with van der Waals surface area (Å²) >= 11 is 0. The van der Waals surface area contributed by atoms with Gasteiger partial charge in [-0.15, -0.1) is 0 Å². The highest BCUT2D eigenvalue weighted by molar-refractivity contribution is 7.91. The molecule has 1 aromatic rings. The van der Waals surface area contributed by atoms with E-state index in [1.807, 2.05) is 31.2 Å². The summed E-state index contributed by atoms with van der Waals surface area (Å²) in [4.78, 5) is 0. The molecule has 2 atom stereocenters.